The van der Waals surface area contributed by atoms with Gasteiger partial charge in [-0.05, 0) is 43.5 Å². The van der Waals surface area contributed by atoms with E-state index in [-0.39, 0.29) is 23.5 Å². The number of ether oxygens (including phenoxy) is 1. The summed E-state index contributed by atoms with van der Waals surface area (Å²) in [5.41, 5.74) is 3.74. The fourth-order valence-corrected chi connectivity index (χ4v) is 3.11. The average molecular weight is 360 g/mol. The molecule has 0 unspecified atom stereocenters. The first-order chi connectivity index (χ1) is 11.8. The van der Waals surface area contributed by atoms with E-state index in [2.05, 4.69) is 14.7 Å². The van der Waals surface area contributed by atoms with Crippen LogP contribution in [0.15, 0.2) is 28.2 Å². The smallest absolute Gasteiger partial charge is 0.311 e. The van der Waals surface area contributed by atoms with Gasteiger partial charge in [0.15, 0.2) is 10.9 Å². The molecule has 0 fully saturated rings. The third kappa shape index (κ3) is 5.03. The van der Waals surface area contributed by atoms with E-state index in [0.29, 0.717) is 16.4 Å². The minimum Gasteiger partial charge on any atom is -0.469 e. The molecule has 0 bridgehead atoms. The van der Waals surface area contributed by atoms with E-state index in [4.69, 9.17) is 0 Å². The van der Waals surface area contributed by atoms with Crippen molar-refractivity contribution in [3.05, 3.63) is 56.5 Å². The molecule has 1 heterocycles. The Balaban J connectivity index is 2.13. The van der Waals surface area contributed by atoms with Crippen LogP contribution in [0.1, 0.15) is 32.7 Å². The van der Waals surface area contributed by atoms with Gasteiger partial charge >= 0.3 is 5.97 Å². The van der Waals surface area contributed by atoms with Crippen LogP contribution in [0.4, 0.5) is 0 Å². The number of aromatic amines is 1. The van der Waals surface area contributed by atoms with Gasteiger partial charge in [0.25, 0.3) is 5.56 Å². The molecule has 0 radical (unpaired) electrons. The molecule has 6 nitrogen and oxygen atoms in total. The molecule has 0 spiro atoms. The number of nitrogens with zero attached hydrogens (tertiary/aromatic N) is 1. The number of aromatic nitrogens is 2. The zero-order valence-corrected chi connectivity index (χ0v) is 15.5. The fourth-order valence-electron chi connectivity index (χ4n) is 2.34. The van der Waals surface area contributed by atoms with Crippen LogP contribution in [0, 0.1) is 20.8 Å². The summed E-state index contributed by atoms with van der Waals surface area (Å²) in [6.45, 7) is 5.88. The van der Waals surface area contributed by atoms with E-state index >= 15 is 0 Å². The van der Waals surface area contributed by atoms with Gasteiger partial charge in [-0.25, -0.2) is 4.98 Å². The van der Waals surface area contributed by atoms with Gasteiger partial charge in [-0.3, -0.25) is 14.4 Å². The Bertz CT molecular complexity index is 874. The third-order valence-corrected chi connectivity index (χ3v) is 4.68. The molecule has 0 atom stereocenters. The Labute approximate surface area is 150 Å². The van der Waals surface area contributed by atoms with Crippen LogP contribution in [0.2, 0.25) is 0 Å². The Kier molecular flexibility index (Phi) is 6.14. The molecule has 2 rings (SSSR count). The van der Waals surface area contributed by atoms with Gasteiger partial charge in [0.05, 0.1) is 25.0 Å². The van der Waals surface area contributed by atoms with Gasteiger partial charge in [-0.1, -0.05) is 17.8 Å². The first-order valence-electron chi connectivity index (χ1n) is 7.71. The number of benzene rings is 1. The van der Waals surface area contributed by atoms with Crippen LogP contribution in [0.5, 0.6) is 0 Å². The van der Waals surface area contributed by atoms with Crippen LogP contribution < -0.4 is 5.56 Å². The van der Waals surface area contributed by atoms with Gasteiger partial charge in [0.1, 0.15) is 0 Å². The number of thioether (sulfide) groups is 1. The number of H-pyrrole nitrogens is 1. The topological polar surface area (TPSA) is 89.1 Å². The van der Waals surface area contributed by atoms with Crippen LogP contribution in [-0.2, 0) is 16.0 Å². The van der Waals surface area contributed by atoms with Gasteiger partial charge in [-0.2, -0.15) is 0 Å². The molecule has 1 aromatic heterocycles. The highest BCUT2D eigenvalue weighted by molar-refractivity contribution is 7.99. The summed E-state index contributed by atoms with van der Waals surface area (Å²) >= 11 is 1.14. The lowest BCUT2D eigenvalue weighted by atomic mass is 9.99. The van der Waals surface area contributed by atoms with Crippen molar-refractivity contribution in [3.8, 4) is 0 Å². The van der Waals surface area contributed by atoms with Crippen LogP contribution in [-0.4, -0.2) is 34.6 Å². The van der Waals surface area contributed by atoms with Crippen molar-refractivity contribution < 1.29 is 14.3 Å². The summed E-state index contributed by atoms with van der Waals surface area (Å²) in [4.78, 5) is 42.3. The molecular formula is C18H20N2O4S. The van der Waals surface area contributed by atoms with E-state index in [1.54, 1.807) is 0 Å². The maximum atomic E-state index is 12.5. The normalized spacial score (nSPS) is 10.6. The lowest BCUT2D eigenvalue weighted by Crippen LogP contribution is -2.14. The summed E-state index contributed by atoms with van der Waals surface area (Å²) in [5.74, 6) is -0.365. The highest BCUT2D eigenvalue weighted by Gasteiger charge is 2.13. The van der Waals surface area contributed by atoms with E-state index < -0.39 is 5.97 Å². The molecule has 2 aromatic rings. The Hall–Kier alpha value is -2.41. The van der Waals surface area contributed by atoms with Crippen molar-refractivity contribution in [2.75, 3.05) is 12.9 Å². The number of rotatable bonds is 6. The monoisotopic (exact) mass is 360 g/mol. The predicted octanol–water partition coefficient (Wildman–Crippen LogP) is 2.39. The van der Waals surface area contributed by atoms with Crippen LogP contribution >= 0.6 is 11.8 Å². The first kappa shape index (κ1) is 18.9. The van der Waals surface area contributed by atoms with Gasteiger partial charge < -0.3 is 9.72 Å². The minimum absolute atomic E-state index is 0.0355. The standard InChI is InChI=1S/C18H20N2O4S/c1-10-5-12(3)14(6-11(10)2)15(21)9-25-18-19-13(7-16(22)20-18)8-17(23)24-4/h5-7H,8-9H2,1-4H3,(H,19,20,22). The van der Waals surface area contributed by atoms with Gasteiger partial charge in [-0.15, -0.1) is 0 Å². The summed E-state index contributed by atoms with van der Waals surface area (Å²) in [7, 11) is 1.27. The number of aryl methyl sites for hydroxylation is 3. The van der Waals surface area contributed by atoms with E-state index in [1.807, 2.05) is 32.9 Å². The molecule has 0 amide bonds. The molecule has 0 saturated carbocycles. The molecule has 7 heteroatoms. The number of hydrogen-bond acceptors (Lipinski definition) is 6. The highest BCUT2D eigenvalue weighted by atomic mass is 32.2. The lowest BCUT2D eigenvalue weighted by Gasteiger charge is -2.09. The van der Waals surface area contributed by atoms with E-state index in [1.165, 1.54) is 13.2 Å². The quantitative estimate of drug-likeness (QED) is 0.368. The number of nitrogens with one attached hydrogen (secondary N) is 1. The maximum absolute atomic E-state index is 12.5. The number of carbonyl (C=O) groups is 2. The SMILES string of the molecule is COC(=O)Cc1cc(=O)[nH]c(SCC(=O)c2cc(C)c(C)cc2C)n1. The zero-order chi connectivity index (χ0) is 18.6. The second-order valence-corrected chi connectivity index (χ2v) is 6.72. The summed E-state index contributed by atoms with van der Waals surface area (Å²) in [6, 6.07) is 5.12. The van der Waals surface area contributed by atoms with E-state index in [0.717, 1.165) is 28.5 Å². The summed E-state index contributed by atoms with van der Waals surface area (Å²) in [6.07, 6.45) is -0.0851. The molecular weight excluding hydrogens is 340 g/mol. The second kappa shape index (κ2) is 8.11. The highest BCUT2D eigenvalue weighted by Crippen LogP contribution is 2.19. The zero-order valence-electron chi connectivity index (χ0n) is 14.6. The molecule has 0 aliphatic heterocycles. The average Bonchev–Trinajstić information content (AvgIpc) is 2.55. The largest absolute Gasteiger partial charge is 0.469 e. The summed E-state index contributed by atoms with van der Waals surface area (Å²) in [5, 5.41) is 0.307. The number of carbonyl (C=O) groups excluding carboxylic acids is 2. The third-order valence-electron chi connectivity index (χ3n) is 3.81. The number of methoxy groups -OCH3 is 1. The molecule has 0 aliphatic rings. The van der Waals surface area contributed by atoms with Gasteiger partial charge in [0.2, 0.25) is 0 Å². The molecule has 1 N–H and O–H groups in total. The number of hydrogen-bond donors (Lipinski definition) is 1. The molecule has 0 saturated heterocycles. The number of ketones is 1. The molecule has 132 valence electrons. The van der Waals surface area contributed by atoms with Crippen LogP contribution in [0.3, 0.4) is 0 Å². The Morgan fingerprint density at radius 1 is 1.12 bits per heavy atom. The van der Waals surface area contributed by atoms with Crippen molar-refractivity contribution in [2.24, 2.45) is 0 Å². The van der Waals surface area contributed by atoms with Crippen LogP contribution in [0.25, 0.3) is 0 Å². The van der Waals surface area contributed by atoms with Crippen molar-refractivity contribution in [2.45, 2.75) is 32.3 Å². The lowest BCUT2D eigenvalue weighted by molar-refractivity contribution is -0.139. The van der Waals surface area contributed by atoms with Gasteiger partial charge in [0, 0.05) is 11.6 Å². The number of esters is 1. The summed E-state index contributed by atoms with van der Waals surface area (Å²) < 4.78 is 4.57. The fraction of sp³-hybridized carbons (Fsp3) is 0.333. The predicted molar refractivity (Wildman–Crippen MR) is 96.3 cm³/mol. The first-order valence-corrected chi connectivity index (χ1v) is 8.69. The number of Topliss-reactive ketones (excluding diaryl/α,β-unsaturated/α-hetero) is 1. The maximum Gasteiger partial charge on any atom is 0.311 e. The molecule has 1 aromatic carbocycles. The molecule has 0 aliphatic carbocycles. The molecule has 25 heavy (non-hydrogen) atoms. The van der Waals surface area contributed by atoms with Crippen molar-refractivity contribution >= 4 is 23.5 Å². The van der Waals surface area contributed by atoms with Crippen molar-refractivity contribution in [3.63, 3.8) is 0 Å². The Morgan fingerprint density at radius 2 is 1.80 bits per heavy atom. The second-order valence-electron chi connectivity index (χ2n) is 5.76. The van der Waals surface area contributed by atoms with E-state index in [9.17, 15) is 14.4 Å². The Morgan fingerprint density at radius 3 is 2.48 bits per heavy atom. The minimum atomic E-state index is -0.476. The van der Waals surface area contributed by atoms with Crippen molar-refractivity contribution in [1.82, 2.24) is 9.97 Å². The van der Waals surface area contributed by atoms with Crippen molar-refractivity contribution in [1.29, 1.82) is 0 Å².